The second-order valence-corrected chi connectivity index (χ2v) is 4.96. The monoisotopic (exact) mass is 282 g/mol. The van der Waals surface area contributed by atoms with E-state index in [0.29, 0.717) is 12.7 Å². The maximum atomic E-state index is 13.3. The minimum absolute atomic E-state index is 0.141. The molecule has 2 nitrogen and oxygen atoms in total. The van der Waals surface area contributed by atoms with Crippen LogP contribution in [0.1, 0.15) is 15.2 Å². The SMILES string of the molecule is O=C(COCCc1cccs1)c1ccc(F)cc1F. The molecule has 0 spiro atoms. The molecule has 1 aromatic carbocycles. The molecular weight excluding hydrogens is 270 g/mol. The van der Waals surface area contributed by atoms with Crippen molar-refractivity contribution in [1.29, 1.82) is 0 Å². The van der Waals surface area contributed by atoms with Crippen LogP contribution in [0, 0.1) is 11.6 Å². The van der Waals surface area contributed by atoms with E-state index >= 15 is 0 Å². The van der Waals surface area contributed by atoms with Gasteiger partial charge in [0.25, 0.3) is 0 Å². The molecule has 0 atom stereocenters. The lowest BCUT2D eigenvalue weighted by atomic mass is 10.1. The van der Waals surface area contributed by atoms with Gasteiger partial charge < -0.3 is 4.74 Å². The molecule has 0 aliphatic rings. The summed E-state index contributed by atoms with van der Waals surface area (Å²) in [6.07, 6.45) is 0.719. The average molecular weight is 282 g/mol. The first-order valence-electron chi connectivity index (χ1n) is 5.75. The zero-order valence-corrected chi connectivity index (χ0v) is 10.9. The Morgan fingerprint density at radius 2 is 2.11 bits per heavy atom. The van der Waals surface area contributed by atoms with Crippen LogP contribution in [0.3, 0.4) is 0 Å². The molecule has 100 valence electrons. The summed E-state index contributed by atoms with van der Waals surface area (Å²) in [6, 6.07) is 6.81. The van der Waals surface area contributed by atoms with Crippen LogP contribution in [-0.2, 0) is 11.2 Å². The minimum Gasteiger partial charge on any atom is -0.373 e. The van der Waals surface area contributed by atoms with Gasteiger partial charge in [-0.1, -0.05) is 6.07 Å². The molecule has 1 heterocycles. The van der Waals surface area contributed by atoms with Gasteiger partial charge in [0.15, 0.2) is 5.78 Å². The van der Waals surface area contributed by atoms with E-state index in [1.807, 2.05) is 17.5 Å². The maximum Gasteiger partial charge on any atom is 0.191 e. The highest BCUT2D eigenvalue weighted by molar-refractivity contribution is 7.09. The van der Waals surface area contributed by atoms with Gasteiger partial charge >= 0.3 is 0 Å². The van der Waals surface area contributed by atoms with Gasteiger partial charge in [-0.15, -0.1) is 11.3 Å². The van der Waals surface area contributed by atoms with E-state index in [1.165, 1.54) is 4.88 Å². The van der Waals surface area contributed by atoms with Crippen LogP contribution in [-0.4, -0.2) is 19.0 Å². The molecule has 0 fully saturated rings. The topological polar surface area (TPSA) is 26.3 Å². The molecule has 0 amide bonds. The van der Waals surface area contributed by atoms with Crippen LogP contribution in [0.4, 0.5) is 8.78 Å². The molecule has 0 saturated heterocycles. The van der Waals surface area contributed by atoms with Crippen molar-refractivity contribution in [2.45, 2.75) is 6.42 Å². The number of carbonyl (C=O) groups is 1. The van der Waals surface area contributed by atoms with Crippen LogP contribution < -0.4 is 0 Å². The lowest BCUT2D eigenvalue weighted by Gasteiger charge is -2.04. The summed E-state index contributed by atoms with van der Waals surface area (Å²) < 4.78 is 31.2. The second-order valence-electron chi connectivity index (χ2n) is 3.93. The number of ether oxygens (including phenoxy) is 1. The van der Waals surface area contributed by atoms with Gasteiger partial charge in [0.1, 0.15) is 18.2 Å². The first-order chi connectivity index (χ1) is 9.16. The summed E-state index contributed by atoms with van der Waals surface area (Å²) in [7, 11) is 0. The van der Waals surface area contributed by atoms with Crippen molar-refractivity contribution in [2.24, 2.45) is 0 Å². The van der Waals surface area contributed by atoms with E-state index in [1.54, 1.807) is 11.3 Å². The Bertz CT molecular complexity index is 553. The van der Waals surface area contributed by atoms with E-state index in [0.717, 1.165) is 18.6 Å². The minimum atomic E-state index is -0.855. The molecule has 0 saturated carbocycles. The second kappa shape index (κ2) is 6.54. The maximum absolute atomic E-state index is 13.3. The Balaban J connectivity index is 1.81. The zero-order chi connectivity index (χ0) is 13.7. The molecule has 2 aromatic rings. The van der Waals surface area contributed by atoms with Crippen molar-refractivity contribution >= 4 is 17.1 Å². The smallest absolute Gasteiger partial charge is 0.191 e. The number of rotatable bonds is 6. The van der Waals surface area contributed by atoms with Crippen LogP contribution in [0.25, 0.3) is 0 Å². The Morgan fingerprint density at radius 1 is 1.26 bits per heavy atom. The summed E-state index contributed by atoms with van der Waals surface area (Å²) in [5, 5.41) is 1.97. The Kier molecular flexibility index (Phi) is 4.76. The van der Waals surface area contributed by atoms with Crippen LogP contribution >= 0.6 is 11.3 Å². The third-order valence-corrected chi connectivity index (χ3v) is 3.47. The van der Waals surface area contributed by atoms with Gasteiger partial charge in [-0.25, -0.2) is 8.78 Å². The molecule has 19 heavy (non-hydrogen) atoms. The molecule has 0 aliphatic carbocycles. The van der Waals surface area contributed by atoms with Gasteiger partial charge in [-0.05, 0) is 23.6 Å². The van der Waals surface area contributed by atoms with Crippen molar-refractivity contribution in [3.63, 3.8) is 0 Å². The van der Waals surface area contributed by atoms with Crippen LogP contribution in [0.5, 0.6) is 0 Å². The Hall–Kier alpha value is -1.59. The third kappa shape index (κ3) is 3.94. The molecular formula is C14H12F2O2S. The number of halogens is 2. The van der Waals surface area contributed by atoms with Gasteiger partial charge in [-0.2, -0.15) is 0 Å². The molecule has 0 aliphatic heterocycles. The van der Waals surface area contributed by atoms with E-state index in [9.17, 15) is 13.6 Å². The normalized spacial score (nSPS) is 10.6. The third-order valence-electron chi connectivity index (χ3n) is 2.54. The predicted octanol–water partition coefficient (Wildman–Crippen LogP) is 3.47. The first kappa shape index (κ1) is 13.8. The number of ketones is 1. The molecule has 0 radical (unpaired) electrons. The van der Waals surface area contributed by atoms with Crippen molar-refractivity contribution in [1.82, 2.24) is 0 Å². The molecule has 1 aromatic heterocycles. The van der Waals surface area contributed by atoms with Crippen LogP contribution in [0.15, 0.2) is 35.7 Å². The predicted molar refractivity (Wildman–Crippen MR) is 69.5 cm³/mol. The number of hydrogen-bond donors (Lipinski definition) is 0. The van der Waals surface area contributed by atoms with Crippen molar-refractivity contribution in [2.75, 3.05) is 13.2 Å². The fourth-order valence-electron chi connectivity index (χ4n) is 1.59. The zero-order valence-electron chi connectivity index (χ0n) is 10.1. The number of benzene rings is 1. The summed E-state index contributed by atoms with van der Waals surface area (Å²) in [4.78, 5) is 12.8. The summed E-state index contributed by atoms with van der Waals surface area (Å²) >= 11 is 1.62. The fourth-order valence-corrected chi connectivity index (χ4v) is 2.28. The van der Waals surface area contributed by atoms with Crippen molar-refractivity contribution in [3.05, 3.63) is 57.8 Å². The summed E-state index contributed by atoms with van der Waals surface area (Å²) in [5.41, 5.74) is -0.141. The molecule has 0 N–H and O–H groups in total. The average Bonchev–Trinajstić information content (AvgIpc) is 2.87. The van der Waals surface area contributed by atoms with Gasteiger partial charge in [0.05, 0.1) is 12.2 Å². The van der Waals surface area contributed by atoms with E-state index in [2.05, 4.69) is 0 Å². The lowest BCUT2D eigenvalue weighted by Crippen LogP contribution is -2.12. The molecule has 2 rings (SSSR count). The quantitative estimate of drug-likeness (QED) is 0.599. The van der Waals surface area contributed by atoms with Crippen molar-refractivity contribution < 1.29 is 18.3 Å². The largest absolute Gasteiger partial charge is 0.373 e. The number of thiophene rings is 1. The van der Waals surface area contributed by atoms with Gasteiger partial charge in [-0.3, -0.25) is 4.79 Å². The Labute approximate surface area is 113 Å². The van der Waals surface area contributed by atoms with E-state index < -0.39 is 17.4 Å². The Morgan fingerprint density at radius 3 is 2.79 bits per heavy atom. The van der Waals surface area contributed by atoms with E-state index in [-0.39, 0.29) is 12.2 Å². The first-order valence-corrected chi connectivity index (χ1v) is 6.63. The van der Waals surface area contributed by atoms with Crippen molar-refractivity contribution in [3.8, 4) is 0 Å². The number of hydrogen-bond acceptors (Lipinski definition) is 3. The summed E-state index contributed by atoms with van der Waals surface area (Å²) in [6.45, 7) is 0.197. The highest BCUT2D eigenvalue weighted by Crippen LogP contribution is 2.11. The molecule has 0 bridgehead atoms. The highest BCUT2D eigenvalue weighted by Gasteiger charge is 2.12. The standard InChI is InChI=1S/C14H12F2O2S/c15-10-3-4-12(13(16)8-10)14(17)9-18-6-5-11-2-1-7-19-11/h1-4,7-8H,5-6,9H2. The number of Topliss-reactive ketones (excluding diaryl/α,β-unsaturated/α-hetero) is 1. The van der Waals surface area contributed by atoms with E-state index in [4.69, 9.17) is 4.74 Å². The van der Waals surface area contributed by atoms with Gasteiger partial charge in [0, 0.05) is 17.4 Å². The van der Waals surface area contributed by atoms with Gasteiger partial charge in [0.2, 0.25) is 0 Å². The molecule has 0 unspecified atom stereocenters. The fraction of sp³-hybridized carbons (Fsp3) is 0.214. The summed E-state index contributed by atoms with van der Waals surface area (Å²) in [5.74, 6) is -2.04. The highest BCUT2D eigenvalue weighted by atomic mass is 32.1. The number of carbonyl (C=O) groups excluding carboxylic acids is 1. The van der Waals surface area contributed by atoms with Crippen LogP contribution in [0.2, 0.25) is 0 Å². The molecule has 5 heteroatoms. The lowest BCUT2D eigenvalue weighted by molar-refractivity contribution is 0.0762.